The van der Waals surface area contributed by atoms with E-state index < -0.39 is 11.6 Å². The fourth-order valence-electron chi connectivity index (χ4n) is 1.55. The van der Waals surface area contributed by atoms with Gasteiger partial charge in [-0.2, -0.15) is 0 Å². The lowest BCUT2D eigenvalue weighted by Gasteiger charge is -2.30. The van der Waals surface area contributed by atoms with E-state index in [4.69, 9.17) is 0 Å². The van der Waals surface area contributed by atoms with E-state index in [9.17, 15) is 5.11 Å². The molecule has 5 heteroatoms. The Kier molecular flexibility index (Phi) is 4.97. The Morgan fingerprint density at radius 3 is 2.15 bits per heavy atom. The van der Waals surface area contributed by atoms with Gasteiger partial charge in [-0.15, -0.1) is 0 Å². The Balaban J connectivity index is 3.16. The molecule has 5 nitrogen and oxygen atoms in total. The molecule has 20 heavy (non-hydrogen) atoms. The molecule has 0 aliphatic carbocycles. The summed E-state index contributed by atoms with van der Waals surface area (Å²) in [4.78, 5) is 9.13. The van der Waals surface area contributed by atoms with Gasteiger partial charge in [0.25, 0.3) is 0 Å². The zero-order chi connectivity index (χ0) is 15.6. The molecular weight excluding hydrogens is 252 g/mol. The van der Waals surface area contributed by atoms with Gasteiger partial charge in [0.2, 0.25) is 0 Å². The minimum absolute atomic E-state index is 0.128. The average molecular weight is 280 g/mol. The van der Waals surface area contributed by atoms with Crippen LogP contribution in [0.5, 0.6) is 0 Å². The predicted octanol–water partition coefficient (Wildman–Crippen LogP) is 2.78. The van der Waals surface area contributed by atoms with E-state index in [1.807, 2.05) is 26.8 Å². The molecule has 0 spiro atoms. The average Bonchev–Trinajstić information content (AvgIpc) is 2.27. The molecule has 0 aliphatic heterocycles. The summed E-state index contributed by atoms with van der Waals surface area (Å²) in [6, 6.07) is 1.88. The molecular formula is C15H28N4O. The van der Waals surface area contributed by atoms with E-state index in [0.717, 1.165) is 24.0 Å². The van der Waals surface area contributed by atoms with Crippen molar-refractivity contribution in [1.82, 2.24) is 9.97 Å². The van der Waals surface area contributed by atoms with E-state index in [2.05, 4.69) is 41.4 Å². The van der Waals surface area contributed by atoms with Crippen LogP contribution in [0.25, 0.3) is 0 Å². The molecule has 0 radical (unpaired) electrons. The number of aromatic nitrogens is 2. The molecule has 1 aromatic rings. The first-order valence-corrected chi connectivity index (χ1v) is 7.16. The summed E-state index contributed by atoms with van der Waals surface area (Å²) < 4.78 is 0. The summed E-state index contributed by atoms with van der Waals surface area (Å²) in [5, 5.41) is 16.3. The first-order chi connectivity index (χ1) is 9.06. The number of aliphatic hydroxyl groups is 1. The molecule has 0 aromatic carbocycles. The van der Waals surface area contributed by atoms with Crippen molar-refractivity contribution in [3.8, 4) is 0 Å². The molecule has 1 aromatic heterocycles. The van der Waals surface area contributed by atoms with Crippen LogP contribution < -0.4 is 10.6 Å². The van der Waals surface area contributed by atoms with Crippen molar-refractivity contribution < 1.29 is 5.11 Å². The van der Waals surface area contributed by atoms with E-state index in [1.54, 1.807) is 6.92 Å². The van der Waals surface area contributed by atoms with Gasteiger partial charge < -0.3 is 15.7 Å². The highest BCUT2D eigenvalue weighted by Gasteiger charge is 2.26. The van der Waals surface area contributed by atoms with Gasteiger partial charge in [0.15, 0.2) is 0 Å². The van der Waals surface area contributed by atoms with Crippen LogP contribution in [-0.2, 0) is 5.41 Å². The van der Waals surface area contributed by atoms with Gasteiger partial charge in [-0.05, 0) is 27.7 Å². The Labute approximate surface area is 122 Å². The quantitative estimate of drug-likeness (QED) is 0.773. The molecule has 1 unspecified atom stereocenters. The predicted molar refractivity (Wildman–Crippen MR) is 84.3 cm³/mol. The summed E-state index contributed by atoms with van der Waals surface area (Å²) in [7, 11) is 0. The van der Waals surface area contributed by atoms with E-state index in [0.29, 0.717) is 0 Å². The van der Waals surface area contributed by atoms with E-state index in [1.165, 1.54) is 0 Å². The number of hydrogen-bond acceptors (Lipinski definition) is 5. The summed E-state index contributed by atoms with van der Waals surface area (Å²) in [5.74, 6) is 2.31. The van der Waals surface area contributed by atoms with Crippen molar-refractivity contribution in [3.05, 3.63) is 11.9 Å². The second-order valence-corrected chi connectivity index (χ2v) is 6.77. The number of hydrogen-bond donors (Lipinski definition) is 3. The van der Waals surface area contributed by atoms with Crippen LogP contribution in [0.4, 0.5) is 11.6 Å². The lowest BCUT2D eigenvalue weighted by Crippen LogP contribution is -2.42. The van der Waals surface area contributed by atoms with E-state index in [-0.39, 0.29) is 5.41 Å². The minimum Gasteiger partial charge on any atom is -0.391 e. The molecule has 0 fully saturated rings. The second kappa shape index (κ2) is 5.95. The SMILES string of the molecule is CCNc1cc(NC(C)(C)C(C)O)nc(C(C)(C)C)n1. The van der Waals surface area contributed by atoms with Gasteiger partial charge in [0.1, 0.15) is 17.5 Å². The fourth-order valence-corrected chi connectivity index (χ4v) is 1.55. The highest BCUT2D eigenvalue weighted by molar-refractivity contribution is 5.49. The number of anilines is 2. The van der Waals surface area contributed by atoms with Crippen molar-refractivity contribution in [3.63, 3.8) is 0 Å². The molecule has 0 bridgehead atoms. The van der Waals surface area contributed by atoms with Crippen LogP contribution in [0.3, 0.4) is 0 Å². The van der Waals surface area contributed by atoms with Crippen LogP contribution >= 0.6 is 0 Å². The summed E-state index contributed by atoms with van der Waals surface area (Å²) >= 11 is 0. The van der Waals surface area contributed by atoms with Gasteiger partial charge in [-0.25, -0.2) is 9.97 Å². The summed E-state index contributed by atoms with van der Waals surface area (Å²) in [5.41, 5.74) is -0.580. The first kappa shape index (κ1) is 16.7. The first-order valence-electron chi connectivity index (χ1n) is 7.16. The third kappa shape index (κ3) is 4.34. The van der Waals surface area contributed by atoms with Gasteiger partial charge in [0, 0.05) is 18.0 Å². The lowest BCUT2D eigenvalue weighted by molar-refractivity contribution is 0.133. The Hall–Kier alpha value is -1.36. The van der Waals surface area contributed by atoms with Gasteiger partial charge >= 0.3 is 0 Å². The molecule has 0 saturated carbocycles. The largest absolute Gasteiger partial charge is 0.391 e. The van der Waals surface area contributed by atoms with Crippen molar-refractivity contribution in [2.75, 3.05) is 17.2 Å². The number of rotatable bonds is 5. The number of nitrogens with zero attached hydrogens (tertiary/aromatic N) is 2. The molecule has 0 saturated heterocycles. The van der Waals surface area contributed by atoms with Crippen molar-refractivity contribution in [2.45, 2.75) is 65.5 Å². The van der Waals surface area contributed by atoms with Crippen LogP contribution in [0.1, 0.15) is 54.3 Å². The van der Waals surface area contributed by atoms with Crippen LogP contribution in [0.2, 0.25) is 0 Å². The molecule has 0 aliphatic rings. The summed E-state index contributed by atoms with van der Waals surface area (Å²) in [6.45, 7) is 14.8. The maximum Gasteiger partial charge on any atom is 0.138 e. The number of aliphatic hydroxyl groups excluding tert-OH is 1. The maximum atomic E-state index is 9.82. The van der Waals surface area contributed by atoms with Gasteiger partial charge in [0.05, 0.1) is 11.6 Å². The van der Waals surface area contributed by atoms with Crippen molar-refractivity contribution in [1.29, 1.82) is 0 Å². The fraction of sp³-hybridized carbons (Fsp3) is 0.733. The van der Waals surface area contributed by atoms with Crippen LogP contribution in [-0.4, -0.2) is 33.3 Å². The zero-order valence-electron chi connectivity index (χ0n) is 13.7. The lowest BCUT2D eigenvalue weighted by atomic mass is 9.95. The zero-order valence-corrected chi connectivity index (χ0v) is 13.7. The third-order valence-corrected chi connectivity index (χ3v) is 3.25. The standard InChI is InChI=1S/C15H28N4O/c1-8-16-11-9-12(19-15(6,7)10(2)20)18-13(17-11)14(3,4)5/h9-10,20H,8H2,1-7H3,(H2,16,17,18,19). The molecule has 114 valence electrons. The topological polar surface area (TPSA) is 70.1 Å². The maximum absolute atomic E-state index is 9.82. The van der Waals surface area contributed by atoms with Gasteiger partial charge in [-0.3, -0.25) is 0 Å². The molecule has 3 N–H and O–H groups in total. The highest BCUT2D eigenvalue weighted by atomic mass is 16.3. The minimum atomic E-state index is -0.488. The van der Waals surface area contributed by atoms with Gasteiger partial charge in [-0.1, -0.05) is 20.8 Å². The Bertz CT molecular complexity index is 450. The smallest absolute Gasteiger partial charge is 0.138 e. The monoisotopic (exact) mass is 280 g/mol. The Morgan fingerprint density at radius 1 is 1.15 bits per heavy atom. The highest BCUT2D eigenvalue weighted by Crippen LogP contribution is 2.24. The molecule has 1 atom stereocenters. The number of nitrogens with one attached hydrogen (secondary N) is 2. The Morgan fingerprint density at radius 2 is 1.70 bits per heavy atom. The van der Waals surface area contributed by atoms with Crippen LogP contribution in [0, 0.1) is 0 Å². The van der Waals surface area contributed by atoms with Crippen molar-refractivity contribution >= 4 is 11.6 Å². The molecule has 0 amide bonds. The van der Waals surface area contributed by atoms with Crippen molar-refractivity contribution in [2.24, 2.45) is 0 Å². The van der Waals surface area contributed by atoms with E-state index >= 15 is 0 Å². The molecule has 1 heterocycles. The molecule has 1 rings (SSSR count). The normalized spacial score (nSPS) is 14.0. The van der Waals surface area contributed by atoms with Crippen LogP contribution in [0.15, 0.2) is 6.07 Å². The summed E-state index contributed by atoms with van der Waals surface area (Å²) in [6.07, 6.45) is -0.488. The third-order valence-electron chi connectivity index (χ3n) is 3.25. The second-order valence-electron chi connectivity index (χ2n) is 6.77.